The minimum absolute atomic E-state index is 0.0646. The number of esters is 2. The van der Waals surface area contributed by atoms with Crippen LogP contribution in [0, 0.1) is 0 Å². The summed E-state index contributed by atoms with van der Waals surface area (Å²) in [6, 6.07) is 0. The highest BCUT2D eigenvalue weighted by Gasteiger charge is 2.27. The lowest BCUT2D eigenvalue weighted by molar-refractivity contribution is -0.153. The monoisotopic (exact) mass is 935 g/mol. The lowest BCUT2D eigenvalue weighted by Gasteiger charge is -2.20. The van der Waals surface area contributed by atoms with Crippen LogP contribution < -0.4 is 0 Å². The fraction of sp³-hybridized carbons (Fsp3) is 0.741. The van der Waals surface area contributed by atoms with Gasteiger partial charge in [-0.2, -0.15) is 0 Å². The molecule has 3 unspecified atom stereocenters. The zero-order valence-electron chi connectivity index (χ0n) is 41.2. The number of aliphatic hydroxyl groups excluding tert-OH is 2. The van der Waals surface area contributed by atoms with Gasteiger partial charge >= 0.3 is 19.8 Å². The summed E-state index contributed by atoms with van der Waals surface area (Å²) in [4.78, 5) is 34.6. The first-order chi connectivity index (χ1) is 31.8. The summed E-state index contributed by atoms with van der Waals surface area (Å²) in [7, 11) is -4.67. The van der Waals surface area contributed by atoms with E-state index in [9.17, 15) is 29.3 Å². The number of allylic oxidation sites excluding steroid dienone is 12. The third kappa shape index (κ3) is 47.7. The Hall–Kier alpha value is -2.59. The van der Waals surface area contributed by atoms with Crippen LogP contribution in [0.2, 0.25) is 0 Å². The van der Waals surface area contributed by atoms with E-state index in [-0.39, 0.29) is 12.8 Å². The maximum Gasteiger partial charge on any atom is 0.472 e. The summed E-state index contributed by atoms with van der Waals surface area (Å²) in [6.07, 6.45) is 59.0. The normalized spacial score (nSPS) is 14.2. The Balaban J connectivity index is 3.90. The predicted molar refractivity (Wildman–Crippen MR) is 270 cm³/mol. The molecule has 0 saturated carbocycles. The Labute approximate surface area is 397 Å². The van der Waals surface area contributed by atoms with Gasteiger partial charge in [-0.1, -0.05) is 228 Å². The van der Waals surface area contributed by atoms with Crippen LogP contribution in [-0.4, -0.2) is 65.7 Å². The van der Waals surface area contributed by atoms with Crippen molar-refractivity contribution in [1.29, 1.82) is 0 Å². The van der Waals surface area contributed by atoms with Crippen LogP contribution in [0.15, 0.2) is 72.9 Å². The first-order valence-electron chi connectivity index (χ1n) is 25.9. The van der Waals surface area contributed by atoms with Crippen molar-refractivity contribution in [1.82, 2.24) is 0 Å². The van der Waals surface area contributed by atoms with Gasteiger partial charge in [0.2, 0.25) is 0 Å². The molecule has 376 valence electrons. The van der Waals surface area contributed by atoms with E-state index in [1.54, 1.807) is 0 Å². The molecule has 0 heterocycles. The Kier molecular flexibility index (Phi) is 47.4. The maximum absolute atomic E-state index is 12.4. The molecule has 0 aromatic rings. The van der Waals surface area contributed by atoms with Gasteiger partial charge in [0.05, 0.1) is 26.4 Å². The van der Waals surface area contributed by atoms with Gasteiger partial charge in [-0.15, -0.1) is 0 Å². The molecule has 0 rings (SSSR count). The molecule has 0 aromatic heterocycles. The highest BCUT2D eigenvalue weighted by atomic mass is 31.2. The Morgan fingerprint density at radius 3 is 1.05 bits per heavy atom. The molecular weight excluding hydrogens is 840 g/mol. The van der Waals surface area contributed by atoms with Gasteiger partial charge in [0.1, 0.15) is 12.2 Å². The number of aliphatic hydroxyl groups is 2. The molecule has 0 bridgehead atoms. The second-order valence-electron chi connectivity index (χ2n) is 17.1. The van der Waals surface area contributed by atoms with Crippen molar-refractivity contribution in [2.75, 3.05) is 26.4 Å². The van der Waals surface area contributed by atoms with Gasteiger partial charge < -0.3 is 24.6 Å². The molecule has 0 radical (unpaired) electrons. The number of unbranched alkanes of at least 4 members (excludes halogenated alkanes) is 22. The van der Waals surface area contributed by atoms with E-state index in [1.807, 2.05) is 12.2 Å². The van der Waals surface area contributed by atoms with Crippen LogP contribution in [-0.2, 0) is 32.7 Å². The molecular formula is C54H95O10P. The quantitative estimate of drug-likeness (QED) is 0.0233. The highest BCUT2D eigenvalue weighted by Crippen LogP contribution is 2.43. The smallest absolute Gasteiger partial charge is 0.457 e. The zero-order chi connectivity index (χ0) is 47.6. The van der Waals surface area contributed by atoms with Gasteiger partial charge in [-0.25, -0.2) is 4.57 Å². The van der Waals surface area contributed by atoms with Crippen LogP contribution in [0.4, 0.5) is 0 Å². The van der Waals surface area contributed by atoms with Crippen LogP contribution in [0.5, 0.6) is 0 Å². The summed E-state index contributed by atoms with van der Waals surface area (Å²) in [5, 5.41) is 19.2. The number of phosphoric ester groups is 1. The molecule has 0 amide bonds. The summed E-state index contributed by atoms with van der Waals surface area (Å²) in [5.74, 6) is -1.10. The lowest BCUT2D eigenvalue weighted by atomic mass is 10.0. The molecule has 0 aliphatic carbocycles. The second kappa shape index (κ2) is 49.3. The van der Waals surface area contributed by atoms with Crippen molar-refractivity contribution < 1.29 is 47.8 Å². The molecule has 3 N–H and O–H groups in total. The fourth-order valence-corrected chi connectivity index (χ4v) is 7.81. The number of ether oxygens (including phenoxy) is 2. The van der Waals surface area contributed by atoms with E-state index in [4.69, 9.17) is 18.5 Å². The van der Waals surface area contributed by atoms with Crippen molar-refractivity contribution in [3.63, 3.8) is 0 Å². The Morgan fingerprint density at radius 2 is 0.723 bits per heavy atom. The topological polar surface area (TPSA) is 149 Å². The van der Waals surface area contributed by atoms with Crippen LogP contribution >= 0.6 is 7.82 Å². The molecule has 0 aliphatic heterocycles. The average Bonchev–Trinajstić information content (AvgIpc) is 3.30. The van der Waals surface area contributed by atoms with Gasteiger partial charge in [-0.05, 0) is 51.4 Å². The van der Waals surface area contributed by atoms with Crippen molar-refractivity contribution in [3.05, 3.63) is 72.9 Å². The van der Waals surface area contributed by atoms with Crippen LogP contribution in [0.25, 0.3) is 0 Å². The van der Waals surface area contributed by atoms with E-state index in [1.165, 1.54) is 122 Å². The molecule has 65 heavy (non-hydrogen) atoms. The zero-order valence-corrected chi connectivity index (χ0v) is 42.1. The van der Waals surface area contributed by atoms with Crippen LogP contribution in [0.1, 0.15) is 219 Å². The molecule has 10 nitrogen and oxygen atoms in total. The summed E-state index contributed by atoms with van der Waals surface area (Å²) < 4.78 is 32.6. The maximum atomic E-state index is 12.4. The van der Waals surface area contributed by atoms with Gasteiger partial charge in [0.15, 0.2) is 0 Å². The second-order valence-corrected chi connectivity index (χ2v) is 18.6. The third-order valence-corrected chi connectivity index (χ3v) is 11.9. The number of phosphoric acid groups is 1. The molecule has 0 fully saturated rings. The van der Waals surface area contributed by atoms with E-state index >= 15 is 0 Å². The van der Waals surface area contributed by atoms with E-state index in [0.717, 1.165) is 57.8 Å². The highest BCUT2D eigenvalue weighted by molar-refractivity contribution is 7.47. The lowest BCUT2D eigenvalue weighted by Crippen LogP contribution is -2.28. The Bertz CT molecular complexity index is 1310. The number of hydrogen-bond donors (Lipinski definition) is 3. The van der Waals surface area contributed by atoms with E-state index < -0.39 is 58.4 Å². The number of rotatable bonds is 48. The molecule has 0 aromatic carbocycles. The number of carbonyl (C=O) groups is 2. The molecule has 11 heteroatoms. The fourth-order valence-electron chi connectivity index (χ4n) is 7.03. The average molecular weight is 935 g/mol. The summed E-state index contributed by atoms with van der Waals surface area (Å²) in [5.41, 5.74) is 0. The third-order valence-electron chi connectivity index (χ3n) is 10.9. The molecule has 0 spiro atoms. The van der Waals surface area contributed by atoms with Crippen molar-refractivity contribution >= 4 is 19.8 Å². The minimum Gasteiger partial charge on any atom is -0.457 e. The number of carbonyl (C=O) groups excluding carboxylic acids is 2. The Morgan fingerprint density at radius 1 is 0.431 bits per heavy atom. The predicted octanol–water partition coefficient (Wildman–Crippen LogP) is 14.8. The first-order valence-corrected chi connectivity index (χ1v) is 27.4. The van der Waals surface area contributed by atoms with Crippen molar-refractivity contribution in [3.8, 4) is 0 Å². The number of hydrogen-bond acceptors (Lipinski definition) is 9. The summed E-state index contributed by atoms with van der Waals surface area (Å²) >= 11 is 0. The van der Waals surface area contributed by atoms with E-state index in [2.05, 4.69) is 74.6 Å². The van der Waals surface area contributed by atoms with E-state index in [0.29, 0.717) is 12.8 Å². The van der Waals surface area contributed by atoms with Gasteiger partial charge in [0, 0.05) is 12.8 Å². The first kappa shape index (κ1) is 62.4. The van der Waals surface area contributed by atoms with Crippen molar-refractivity contribution in [2.24, 2.45) is 0 Å². The summed E-state index contributed by atoms with van der Waals surface area (Å²) in [6.45, 7) is 2.04. The van der Waals surface area contributed by atoms with Crippen LogP contribution in [0.3, 0.4) is 0 Å². The van der Waals surface area contributed by atoms with Gasteiger partial charge in [-0.3, -0.25) is 18.6 Å². The standard InChI is InChI=1S/C54H95O10P/c1-3-5-7-9-11-13-15-17-19-21-23-24-25-26-28-30-32-34-36-38-40-42-44-46-54(58)64-52(48-56)50-62-65(59,60)61-49-51(47-55)63-53(57)45-43-41-39-37-35-33-31-29-27-22-20-18-16-14-12-10-8-6-4-2/h6,8,12,14,18,20,27,29,33,35,39,41,51-52,55-56H,3-5,7,9-11,13,15-17,19,21-26,28,30-32,34,36-38,40,42-50H2,1-2H3,(H,59,60)/b8-6-,14-12-,20-18-,29-27-,35-33-,41-39-. The van der Waals surface area contributed by atoms with Gasteiger partial charge in [0.25, 0.3) is 0 Å². The minimum atomic E-state index is -4.67. The SMILES string of the molecule is CC/C=C\C/C=C\C/C=C\C/C=C\C/C=C\C/C=C\CCC(=O)OC(CO)COP(=O)(O)OCC(CO)OC(=O)CCCCCCCCCCCCCCCCCCCCCCCCC. The van der Waals surface area contributed by atoms with Crippen molar-refractivity contribution in [2.45, 2.75) is 232 Å². The largest absolute Gasteiger partial charge is 0.472 e. The molecule has 0 saturated heterocycles. The molecule has 3 atom stereocenters. The molecule has 0 aliphatic rings.